The molecule has 1 aliphatic heterocycles. The zero-order chi connectivity index (χ0) is 20.6. The van der Waals surface area contributed by atoms with Crippen LogP contribution in [0.5, 0.6) is 0 Å². The Morgan fingerprint density at radius 2 is 1.82 bits per heavy atom. The van der Waals surface area contributed by atoms with Gasteiger partial charge in [-0.3, -0.25) is 4.31 Å². The van der Waals surface area contributed by atoms with Crippen molar-refractivity contribution in [3.8, 4) is 0 Å². The molecular formula is C20H19Cl2NO4S. The highest BCUT2D eigenvalue weighted by molar-refractivity contribution is 7.92. The lowest BCUT2D eigenvalue weighted by molar-refractivity contribution is -0.138. The summed E-state index contributed by atoms with van der Waals surface area (Å²) >= 11 is 12.7. The number of halogens is 2. The van der Waals surface area contributed by atoms with Crippen molar-refractivity contribution in [2.75, 3.05) is 17.5 Å². The molecule has 0 aliphatic carbocycles. The Balaban J connectivity index is 2.21. The maximum Gasteiger partial charge on any atom is 0.335 e. The van der Waals surface area contributed by atoms with Gasteiger partial charge in [0.05, 0.1) is 34.3 Å². The first-order chi connectivity index (χ1) is 13.2. The second-order valence-corrected chi connectivity index (χ2v) is 9.09. The van der Waals surface area contributed by atoms with Crippen molar-refractivity contribution < 1.29 is 17.9 Å². The SMILES string of the molecule is CCOC(=O)C1=Cc2c(cc(Cl)c(C)c2Cl)N(S(=O)(=O)c2ccc(C)cc2)C1. The monoisotopic (exact) mass is 439 g/mol. The molecule has 0 saturated carbocycles. The molecule has 0 bridgehead atoms. The van der Waals surface area contributed by atoms with Crippen molar-refractivity contribution in [2.24, 2.45) is 0 Å². The number of hydrogen-bond acceptors (Lipinski definition) is 4. The average Bonchev–Trinajstić information content (AvgIpc) is 2.66. The first-order valence-corrected chi connectivity index (χ1v) is 10.8. The maximum atomic E-state index is 13.4. The third kappa shape index (κ3) is 3.64. The lowest BCUT2D eigenvalue weighted by Crippen LogP contribution is -2.37. The molecule has 148 valence electrons. The molecule has 1 aliphatic rings. The summed E-state index contributed by atoms with van der Waals surface area (Å²) in [7, 11) is -3.95. The number of rotatable bonds is 4. The van der Waals surface area contributed by atoms with E-state index in [2.05, 4.69) is 0 Å². The predicted molar refractivity (Wildman–Crippen MR) is 112 cm³/mol. The van der Waals surface area contributed by atoms with Crippen molar-refractivity contribution in [1.82, 2.24) is 0 Å². The van der Waals surface area contributed by atoms with Crippen LogP contribution in [-0.4, -0.2) is 27.5 Å². The van der Waals surface area contributed by atoms with E-state index < -0.39 is 16.0 Å². The van der Waals surface area contributed by atoms with Gasteiger partial charge < -0.3 is 4.74 Å². The van der Waals surface area contributed by atoms with Gasteiger partial charge in [0.2, 0.25) is 0 Å². The smallest absolute Gasteiger partial charge is 0.335 e. The van der Waals surface area contributed by atoms with Crippen LogP contribution in [0.1, 0.15) is 23.6 Å². The van der Waals surface area contributed by atoms with E-state index in [0.717, 1.165) is 9.87 Å². The van der Waals surface area contributed by atoms with Crippen molar-refractivity contribution >= 4 is 51.0 Å². The topological polar surface area (TPSA) is 63.7 Å². The van der Waals surface area contributed by atoms with E-state index in [1.54, 1.807) is 38.1 Å². The average molecular weight is 440 g/mol. The van der Waals surface area contributed by atoms with Gasteiger partial charge in [0, 0.05) is 10.6 Å². The summed E-state index contributed by atoms with van der Waals surface area (Å²) in [4.78, 5) is 12.5. The van der Waals surface area contributed by atoms with Gasteiger partial charge in [0.25, 0.3) is 10.0 Å². The molecule has 0 unspecified atom stereocenters. The summed E-state index contributed by atoms with van der Waals surface area (Å²) in [5, 5.41) is 0.647. The van der Waals surface area contributed by atoms with Crippen molar-refractivity contribution in [3.63, 3.8) is 0 Å². The Morgan fingerprint density at radius 3 is 2.43 bits per heavy atom. The van der Waals surface area contributed by atoms with E-state index in [4.69, 9.17) is 27.9 Å². The third-order valence-electron chi connectivity index (χ3n) is 4.51. The summed E-state index contributed by atoms with van der Waals surface area (Å²) in [6.45, 7) is 5.30. The fourth-order valence-electron chi connectivity index (χ4n) is 2.93. The Bertz CT molecular complexity index is 1080. The molecule has 5 nitrogen and oxygen atoms in total. The number of fused-ring (bicyclic) bond motifs is 1. The standard InChI is InChI=1S/C20H19Cl2NO4S/c1-4-27-20(24)14-9-16-18(10-17(21)13(3)19(16)22)23(11-14)28(25,26)15-7-5-12(2)6-8-15/h5-10H,4,11H2,1-3H3. The van der Waals surface area contributed by atoms with Crippen LogP contribution in [0, 0.1) is 13.8 Å². The van der Waals surface area contributed by atoms with E-state index in [-0.39, 0.29) is 23.6 Å². The third-order valence-corrected chi connectivity index (χ3v) is 7.16. The molecule has 28 heavy (non-hydrogen) atoms. The summed E-state index contributed by atoms with van der Waals surface area (Å²) in [6, 6.07) is 8.06. The molecule has 0 amide bonds. The highest BCUT2D eigenvalue weighted by Gasteiger charge is 2.34. The fraction of sp³-hybridized carbons (Fsp3) is 0.250. The maximum absolute atomic E-state index is 13.4. The molecule has 0 fully saturated rings. The Morgan fingerprint density at radius 1 is 1.18 bits per heavy atom. The number of anilines is 1. The van der Waals surface area contributed by atoms with Gasteiger partial charge >= 0.3 is 5.97 Å². The molecule has 0 N–H and O–H groups in total. The molecule has 8 heteroatoms. The van der Waals surface area contributed by atoms with E-state index in [0.29, 0.717) is 26.9 Å². The normalized spacial score (nSPS) is 13.8. The number of sulfonamides is 1. The number of aryl methyl sites for hydroxylation is 1. The van der Waals surface area contributed by atoms with Gasteiger partial charge in [-0.05, 0) is 50.6 Å². The highest BCUT2D eigenvalue weighted by atomic mass is 35.5. The molecule has 1 heterocycles. The zero-order valence-electron chi connectivity index (χ0n) is 15.6. The molecule has 2 aromatic carbocycles. The first kappa shape index (κ1) is 20.7. The first-order valence-electron chi connectivity index (χ1n) is 8.62. The molecule has 3 rings (SSSR count). The molecule has 0 radical (unpaired) electrons. The van der Waals surface area contributed by atoms with Crippen molar-refractivity contribution in [2.45, 2.75) is 25.7 Å². The van der Waals surface area contributed by atoms with Gasteiger partial charge in [-0.1, -0.05) is 40.9 Å². The number of benzene rings is 2. The van der Waals surface area contributed by atoms with Gasteiger partial charge in [0.15, 0.2) is 0 Å². The molecule has 2 aromatic rings. The lowest BCUT2D eigenvalue weighted by atomic mass is 10.0. The van der Waals surface area contributed by atoms with Crippen LogP contribution in [0.4, 0.5) is 5.69 Å². The lowest BCUT2D eigenvalue weighted by Gasteiger charge is -2.31. The minimum Gasteiger partial charge on any atom is -0.463 e. The quantitative estimate of drug-likeness (QED) is 0.643. The van der Waals surface area contributed by atoms with Crippen LogP contribution in [0.15, 0.2) is 40.8 Å². The van der Waals surface area contributed by atoms with Gasteiger partial charge in [-0.15, -0.1) is 0 Å². The number of nitrogens with zero attached hydrogens (tertiary/aromatic N) is 1. The van der Waals surface area contributed by atoms with Crippen molar-refractivity contribution in [3.05, 3.63) is 62.6 Å². The van der Waals surface area contributed by atoms with Crippen LogP contribution >= 0.6 is 23.2 Å². The molecule has 0 atom stereocenters. The van der Waals surface area contributed by atoms with Crippen LogP contribution < -0.4 is 4.31 Å². The van der Waals surface area contributed by atoms with E-state index in [1.807, 2.05) is 6.92 Å². The molecule has 0 spiro atoms. The van der Waals surface area contributed by atoms with E-state index >= 15 is 0 Å². The minimum atomic E-state index is -3.95. The van der Waals surface area contributed by atoms with Crippen molar-refractivity contribution in [1.29, 1.82) is 0 Å². The summed E-state index contributed by atoms with van der Waals surface area (Å²) < 4.78 is 32.9. The van der Waals surface area contributed by atoms with Crippen LogP contribution in [-0.2, 0) is 19.6 Å². The fourth-order valence-corrected chi connectivity index (χ4v) is 4.88. The van der Waals surface area contributed by atoms with Gasteiger partial charge in [-0.25, -0.2) is 13.2 Å². The predicted octanol–water partition coefficient (Wildman–Crippen LogP) is 4.77. The van der Waals surface area contributed by atoms with E-state index in [1.165, 1.54) is 12.1 Å². The largest absolute Gasteiger partial charge is 0.463 e. The Kier molecular flexibility index (Phi) is 5.75. The number of esters is 1. The number of hydrogen-bond donors (Lipinski definition) is 0. The highest BCUT2D eigenvalue weighted by Crippen LogP contribution is 2.41. The minimum absolute atomic E-state index is 0.113. The van der Waals surface area contributed by atoms with E-state index in [9.17, 15) is 13.2 Å². The van der Waals surface area contributed by atoms with Crippen LogP contribution in [0.2, 0.25) is 10.0 Å². The molecule has 0 aromatic heterocycles. The van der Waals surface area contributed by atoms with Crippen LogP contribution in [0.3, 0.4) is 0 Å². The second kappa shape index (κ2) is 7.78. The number of carbonyl (C=O) groups is 1. The molecular weight excluding hydrogens is 421 g/mol. The summed E-state index contributed by atoms with van der Waals surface area (Å²) in [5.41, 5.74) is 2.50. The number of ether oxygens (including phenoxy) is 1. The van der Waals surface area contributed by atoms with Gasteiger partial charge in [-0.2, -0.15) is 0 Å². The van der Waals surface area contributed by atoms with Crippen LogP contribution in [0.25, 0.3) is 6.08 Å². The Labute approximate surface area is 174 Å². The Hall–Kier alpha value is -2.02. The zero-order valence-corrected chi connectivity index (χ0v) is 18.0. The molecule has 0 saturated heterocycles. The van der Waals surface area contributed by atoms with Gasteiger partial charge in [0.1, 0.15) is 0 Å². The number of carbonyl (C=O) groups excluding carboxylic acids is 1. The summed E-state index contributed by atoms with van der Waals surface area (Å²) in [5.74, 6) is -0.582. The second-order valence-electron chi connectivity index (χ2n) is 6.44. The summed E-state index contributed by atoms with van der Waals surface area (Å²) in [6.07, 6.45) is 1.57.